The Morgan fingerprint density at radius 1 is 1.21 bits per heavy atom. The predicted molar refractivity (Wildman–Crippen MR) is 56.8 cm³/mol. The van der Waals surface area contributed by atoms with Crippen molar-refractivity contribution in [2.24, 2.45) is 0 Å². The molecule has 0 spiro atoms. The second kappa shape index (κ2) is 3.70. The molecule has 0 atom stereocenters. The van der Waals surface area contributed by atoms with Gasteiger partial charge in [-0.25, -0.2) is 4.39 Å². The largest absolute Gasteiger partial charge is 0.399 e. The van der Waals surface area contributed by atoms with Gasteiger partial charge in [0.1, 0.15) is 5.82 Å². The molecule has 1 aliphatic rings. The highest BCUT2D eigenvalue weighted by Crippen LogP contribution is 2.21. The van der Waals surface area contributed by atoms with Crippen molar-refractivity contribution in [3.8, 4) is 0 Å². The van der Waals surface area contributed by atoms with E-state index < -0.39 is 0 Å². The first kappa shape index (κ1) is 9.06. The van der Waals surface area contributed by atoms with Gasteiger partial charge in [-0.2, -0.15) is 0 Å². The molecule has 0 aliphatic carbocycles. The molecular formula is C11H13FN2. The van der Waals surface area contributed by atoms with E-state index >= 15 is 0 Å². The minimum absolute atomic E-state index is 0.269. The van der Waals surface area contributed by atoms with Crippen molar-refractivity contribution in [1.82, 2.24) is 0 Å². The van der Waals surface area contributed by atoms with Crippen LogP contribution in [-0.2, 0) is 0 Å². The molecule has 1 aliphatic heterocycles. The van der Waals surface area contributed by atoms with Gasteiger partial charge >= 0.3 is 0 Å². The first-order chi connectivity index (χ1) is 6.75. The summed E-state index contributed by atoms with van der Waals surface area (Å²) >= 11 is 0. The number of nitrogen functional groups attached to an aromatic ring is 1. The number of benzene rings is 1. The Hall–Kier alpha value is -1.51. The first-order valence-corrected chi connectivity index (χ1v) is 4.72. The second-order valence-electron chi connectivity index (χ2n) is 3.45. The molecule has 14 heavy (non-hydrogen) atoms. The fourth-order valence-corrected chi connectivity index (χ4v) is 1.65. The molecule has 0 aromatic heterocycles. The van der Waals surface area contributed by atoms with Crippen LogP contribution in [-0.4, -0.2) is 13.1 Å². The molecule has 1 heterocycles. The normalized spacial score (nSPS) is 15.9. The lowest BCUT2D eigenvalue weighted by Gasteiger charge is -2.25. The SMILES string of the molecule is Nc1cc(F)cc(N2CC=CCC2)c1. The van der Waals surface area contributed by atoms with Crippen molar-refractivity contribution in [3.05, 3.63) is 36.2 Å². The van der Waals surface area contributed by atoms with Crippen LogP contribution >= 0.6 is 0 Å². The molecular weight excluding hydrogens is 179 g/mol. The summed E-state index contributed by atoms with van der Waals surface area (Å²) in [6.07, 6.45) is 5.24. The fraction of sp³-hybridized carbons (Fsp3) is 0.273. The van der Waals surface area contributed by atoms with Gasteiger partial charge in [0.05, 0.1) is 0 Å². The van der Waals surface area contributed by atoms with Crippen molar-refractivity contribution in [2.45, 2.75) is 6.42 Å². The smallest absolute Gasteiger partial charge is 0.127 e. The van der Waals surface area contributed by atoms with Gasteiger partial charge in [-0.05, 0) is 24.6 Å². The van der Waals surface area contributed by atoms with Crippen LogP contribution in [0.4, 0.5) is 15.8 Å². The van der Waals surface area contributed by atoms with Crippen molar-refractivity contribution in [3.63, 3.8) is 0 Å². The molecule has 74 valence electrons. The standard InChI is InChI=1S/C11H13FN2/c12-9-6-10(13)8-11(7-9)14-4-2-1-3-5-14/h1-2,6-8H,3-5,13H2. The molecule has 0 saturated carbocycles. The molecule has 0 unspecified atom stereocenters. The van der Waals surface area contributed by atoms with E-state index in [-0.39, 0.29) is 5.82 Å². The topological polar surface area (TPSA) is 29.3 Å². The molecule has 2 nitrogen and oxygen atoms in total. The minimum atomic E-state index is -0.269. The highest BCUT2D eigenvalue weighted by molar-refractivity contribution is 5.57. The van der Waals surface area contributed by atoms with Crippen LogP contribution in [0.1, 0.15) is 6.42 Å². The number of anilines is 2. The zero-order chi connectivity index (χ0) is 9.97. The van der Waals surface area contributed by atoms with Crippen LogP contribution in [0.15, 0.2) is 30.4 Å². The fourth-order valence-electron chi connectivity index (χ4n) is 1.65. The number of hydrogen-bond donors (Lipinski definition) is 1. The summed E-state index contributed by atoms with van der Waals surface area (Å²) in [6.45, 7) is 1.77. The Labute approximate surface area is 82.8 Å². The summed E-state index contributed by atoms with van der Waals surface area (Å²) in [6, 6.07) is 4.67. The zero-order valence-electron chi connectivity index (χ0n) is 7.91. The molecule has 0 fully saturated rings. The Kier molecular flexibility index (Phi) is 2.39. The summed E-state index contributed by atoms with van der Waals surface area (Å²) in [7, 11) is 0. The van der Waals surface area contributed by atoms with Gasteiger partial charge in [0.25, 0.3) is 0 Å². The third kappa shape index (κ3) is 1.87. The van der Waals surface area contributed by atoms with Crippen molar-refractivity contribution < 1.29 is 4.39 Å². The van der Waals surface area contributed by atoms with Gasteiger partial charge in [-0.3, -0.25) is 0 Å². The van der Waals surface area contributed by atoms with Gasteiger partial charge in [-0.1, -0.05) is 12.2 Å². The predicted octanol–water partition coefficient (Wildman–Crippen LogP) is 2.17. The first-order valence-electron chi connectivity index (χ1n) is 4.72. The maximum absolute atomic E-state index is 13.1. The molecule has 0 bridgehead atoms. The highest BCUT2D eigenvalue weighted by atomic mass is 19.1. The third-order valence-electron chi connectivity index (χ3n) is 2.33. The maximum atomic E-state index is 13.1. The quantitative estimate of drug-likeness (QED) is 0.546. The molecule has 0 saturated heterocycles. The average molecular weight is 192 g/mol. The van der Waals surface area contributed by atoms with Gasteiger partial charge in [0.2, 0.25) is 0 Å². The maximum Gasteiger partial charge on any atom is 0.127 e. The molecule has 3 heteroatoms. The van der Waals surface area contributed by atoms with Gasteiger partial charge in [-0.15, -0.1) is 0 Å². The lowest BCUT2D eigenvalue weighted by atomic mass is 10.2. The molecule has 1 aromatic rings. The van der Waals surface area contributed by atoms with Gasteiger partial charge in [0, 0.05) is 24.5 Å². The van der Waals surface area contributed by atoms with Gasteiger partial charge in [0.15, 0.2) is 0 Å². The van der Waals surface area contributed by atoms with E-state index in [0.29, 0.717) is 5.69 Å². The average Bonchev–Trinajstić information content (AvgIpc) is 2.18. The highest BCUT2D eigenvalue weighted by Gasteiger charge is 2.08. The molecule has 0 radical (unpaired) electrons. The van der Waals surface area contributed by atoms with Crippen molar-refractivity contribution in [1.29, 1.82) is 0 Å². The number of nitrogens with two attached hydrogens (primary N) is 1. The zero-order valence-corrected chi connectivity index (χ0v) is 7.91. The summed E-state index contributed by atoms with van der Waals surface area (Å²) in [5.74, 6) is -0.269. The Morgan fingerprint density at radius 3 is 2.71 bits per heavy atom. The number of nitrogens with zero attached hydrogens (tertiary/aromatic N) is 1. The molecule has 0 amide bonds. The van der Waals surface area contributed by atoms with Crippen molar-refractivity contribution in [2.75, 3.05) is 23.7 Å². The summed E-state index contributed by atoms with van der Waals surface area (Å²) < 4.78 is 13.1. The lowest BCUT2D eigenvalue weighted by Crippen LogP contribution is -2.26. The second-order valence-corrected chi connectivity index (χ2v) is 3.45. The van der Waals surface area contributed by atoms with E-state index in [0.717, 1.165) is 25.2 Å². The van der Waals surface area contributed by atoms with Crippen LogP contribution in [0.5, 0.6) is 0 Å². The Bertz CT molecular complexity index is 340. The Morgan fingerprint density at radius 2 is 2.07 bits per heavy atom. The summed E-state index contributed by atoms with van der Waals surface area (Å²) in [5.41, 5.74) is 6.93. The van der Waals surface area contributed by atoms with Gasteiger partial charge < -0.3 is 10.6 Å². The molecule has 2 rings (SSSR count). The van der Waals surface area contributed by atoms with E-state index in [1.807, 2.05) is 6.07 Å². The van der Waals surface area contributed by atoms with Crippen LogP contribution in [0, 0.1) is 5.82 Å². The Balaban J connectivity index is 2.26. The van der Waals surface area contributed by atoms with E-state index in [4.69, 9.17) is 5.73 Å². The third-order valence-corrected chi connectivity index (χ3v) is 2.33. The van der Waals surface area contributed by atoms with Crippen LogP contribution < -0.4 is 10.6 Å². The van der Waals surface area contributed by atoms with E-state index in [9.17, 15) is 4.39 Å². The molecule has 2 N–H and O–H groups in total. The number of rotatable bonds is 1. The van der Waals surface area contributed by atoms with Crippen molar-refractivity contribution >= 4 is 11.4 Å². The molecule has 1 aromatic carbocycles. The monoisotopic (exact) mass is 192 g/mol. The summed E-state index contributed by atoms with van der Waals surface area (Å²) in [5, 5.41) is 0. The van der Waals surface area contributed by atoms with E-state index in [1.54, 1.807) is 0 Å². The summed E-state index contributed by atoms with van der Waals surface area (Å²) in [4.78, 5) is 2.11. The van der Waals surface area contributed by atoms with Crippen LogP contribution in [0.3, 0.4) is 0 Å². The lowest BCUT2D eigenvalue weighted by molar-refractivity contribution is 0.627. The number of hydrogen-bond acceptors (Lipinski definition) is 2. The minimum Gasteiger partial charge on any atom is -0.399 e. The van der Waals surface area contributed by atoms with E-state index in [1.165, 1.54) is 12.1 Å². The van der Waals surface area contributed by atoms with E-state index in [2.05, 4.69) is 17.1 Å². The van der Waals surface area contributed by atoms with Crippen LogP contribution in [0.25, 0.3) is 0 Å². The van der Waals surface area contributed by atoms with Crippen LogP contribution in [0.2, 0.25) is 0 Å². The number of halogens is 1.